The molecule has 1 aromatic carbocycles. The van der Waals surface area contributed by atoms with Crippen molar-refractivity contribution in [1.82, 2.24) is 0 Å². The van der Waals surface area contributed by atoms with Gasteiger partial charge in [0.15, 0.2) is 0 Å². The van der Waals surface area contributed by atoms with Gasteiger partial charge in [0.05, 0.1) is 22.1 Å². The van der Waals surface area contributed by atoms with Gasteiger partial charge in [-0.3, -0.25) is 4.79 Å². The molecule has 1 aliphatic carbocycles. The van der Waals surface area contributed by atoms with Crippen molar-refractivity contribution in [3.63, 3.8) is 0 Å². The Morgan fingerprint density at radius 2 is 2.16 bits per heavy atom. The first-order valence-electron chi connectivity index (χ1n) is 6.20. The largest absolute Gasteiger partial charge is 0.463 e. The van der Waals surface area contributed by atoms with Gasteiger partial charge in [0.1, 0.15) is 5.82 Å². The van der Waals surface area contributed by atoms with Crippen molar-refractivity contribution >= 4 is 21.9 Å². The van der Waals surface area contributed by atoms with Gasteiger partial charge in [-0.05, 0) is 60.3 Å². The van der Waals surface area contributed by atoms with Crippen LogP contribution >= 0.6 is 15.9 Å². The minimum atomic E-state index is -1.12. The zero-order valence-electron chi connectivity index (χ0n) is 10.8. The van der Waals surface area contributed by atoms with Crippen molar-refractivity contribution in [3.05, 3.63) is 34.1 Å². The third-order valence-corrected chi connectivity index (χ3v) is 3.95. The average molecular weight is 331 g/mol. The van der Waals surface area contributed by atoms with E-state index in [-0.39, 0.29) is 30.8 Å². The molecule has 0 saturated heterocycles. The number of ether oxygens (including phenoxy) is 1. The topological polar surface area (TPSA) is 46.5 Å². The predicted molar refractivity (Wildman–Crippen MR) is 71.9 cm³/mol. The molecule has 0 unspecified atom stereocenters. The number of hydrogen-bond acceptors (Lipinski definition) is 3. The summed E-state index contributed by atoms with van der Waals surface area (Å²) in [6.07, 6.45) is 0.394. The molecule has 19 heavy (non-hydrogen) atoms. The highest BCUT2D eigenvalue weighted by Gasteiger charge is 2.48. The fourth-order valence-corrected chi connectivity index (χ4v) is 2.52. The first-order valence-corrected chi connectivity index (χ1v) is 6.99. The molecule has 1 saturated carbocycles. The molecule has 0 aromatic heterocycles. The van der Waals surface area contributed by atoms with Gasteiger partial charge < -0.3 is 9.84 Å². The van der Waals surface area contributed by atoms with Gasteiger partial charge in [0.2, 0.25) is 0 Å². The molecule has 0 spiro atoms. The Morgan fingerprint density at radius 3 is 2.68 bits per heavy atom. The van der Waals surface area contributed by atoms with E-state index in [1.807, 2.05) is 0 Å². The van der Waals surface area contributed by atoms with Crippen LogP contribution in [0.1, 0.15) is 32.3 Å². The van der Waals surface area contributed by atoms with E-state index in [0.717, 1.165) is 0 Å². The van der Waals surface area contributed by atoms with Gasteiger partial charge in [-0.25, -0.2) is 4.39 Å². The molecule has 0 heterocycles. The lowest BCUT2D eigenvalue weighted by Gasteiger charge is -2.42. The average Bonchev–Trinajstić information content (AvgIpc) is 2.27. The number of carbonyl (C=O) groups is 1. The third kappa shape index (κ3) is 2.98. The first-order chi connectivity index (χ1) is 8.82. The highest BCUT2D eigenvalue weighted by molar-refractivity contribution is 9.10. The minimum Gasteiger partial charge on any atom is -0.463 e. The maximum Gasteiger partial charge on any atom is 0.309 e. The first kappa shape index (κ1) is 14.5. The van der Waals surface area contributed by atoms with Crippen LogP contribution in [0.4, 0.5) is 4.39 Å². The molecule has 3 nitrogen and oxygen atoms in total. The van der Waals surface area contributed by atoms with Crippen LogP contribution in [0, 0.1) is 11.7 Å². The van der Waals surface area contributed by atoms with Crippen molar-refractivity contribution in [1.29, 1.82) is 0 Å². The Kier molecular flexibility index (Phi) is 3.97. The van der Waals surface area contributed by atoms with Gasteiger partial charge in [-0.1, -0.05) is 6.07 Å². The van der Waals surface area contributed by atoms with E-state index in [1.165, 1.54) is 6.07 Å². The molecule has 0 aliphatic heterocycles. The second kappa shape index (κ2) is 5.21. The highest BCUT2D eigenvalue weighted by Crippen LogP contribution is 2.46. The lowest BCUT2D eigenvalue weighted by atomic mass is 9.67. The van der Waals surface area contributed by atoms with Crippen LogP contribution in [0.2, 0.25) is 0 Å². The molecule has 1 fully saturated rings. The Balaban J connectivity index is 2.04. The van der Waals surface area contributed by atoms with E-state index in [4.69, 9.17) is 4.74 Å². The normalized spacial score (nSPS) is 26.1. The van der Waals surface area contributed by atoms with Gasteiger partial charge in [0, 0.05) is 0 Å². The molecule has 2 rings (SSSR count). The molecule has 0 radical (unpaired) electrons. The van der Waals surface area contributed by atoms with Crippen molar-refractivity contribution in [3.8, 4) is 0 Å². The maximum absolute atomic E-state index is 13.4. The Hall–Kier alpha value is -0.940. The fourth-order valence-electron chi connectivity index (χ4n) is 2.27. The van der Waals surface area contributed by atoms with Crippen LogP contribution in [-0.4, -0.2) is 17.2 Å². The molecular weight excluding hydrogens is 315 g/mol. The zero-order chi connectivity index (χ0) is 14.2. The lowest BCUT2D eigenvalue weighted by Crippen LogP contribution is -2.45. The summed E-state index contributed by atoms with van der Waals surface area (Å²) in [6.45, 7) is 3.57. The molecule has 0 bridgehead atoms. The molecule has 1 N–H and O–H groups in total. The molecule has 5 heteroatoms. The monoisotopic (exact) mass is 330 g/mol. The number of carbonyl (C=O) groups excluding carboxylic acids is 1. The Bertz CT molecular complexity index is 495. The van der Waals surface area contributed by atoms with Crippen LogP contribution in [0.5, 0.6) is 0 Å². The van der Waals surface area contributed by atoms with Gasteiger partial charge in [-0.2, -0.15) is 0 Å². The van der Waals surface area contributed by atoms with E-state index in [2.05, 4.69) is 15.9 Å². The minimum absolute atomic E-state index is 0.161. The lowest BCUT2D eigenvalue weighted by molar-refractivity contribution is -0.169. The third-order valence-electron chi connectivity index (χ3n) is 3.31. The molecule has 104 valence electrons. The summed E-state index contributed by atoms with van der Waals surface area (Å²) in [7, 11) is 0. The summed E-state index contributed by atoms with van der Waals surface area (Å²) < 4.78 is 18.9. The molecular formula is C14H16BrFO3. The van der Waals surface area contributed by atoms with E-state index in [1.54, 1.807) is 26.0 Å². The molecule has 1 aliphatic rings. The Labute approximate surface area is 119 Å². The highest BCUT2D eigenvalue weighted by atomic mass is 79.9. The number of halogens is 2. The Morgan fingerprint density at radius 1 is 1.53 bits per heavy atom. The standard InChI is InChI=1S/C14H16BrFO3/c1-8(2)19-13(17)9-6-14(18,7-9)10-3-4-11(15)12(16)5-10/h3-5,8-9,18H,6-7H2,1-2H3. The second-order valence-electron chi connectivity index (χ2n) is 5.25. The zero-order valence-corrected chi connectivity index (χ0v) is 12.4. The van der Waals surface area contributed by atoms with Crippen molar-refractivity contribution < 1.29 is 19.0 Å². The number of esters is 1. The van der Waals surface area contributed by atoms with Crippen LogP contribution in [0.3, 0.4) is 0 Å². The van der Waals surface area contributed by atoms with Crippen LogP contribution in [0.25, 0.3) is 0 Å². The summed E-state index contributed by atoms with van der Waals surface area (Å²) in [5.74, 6) is -1.02. The van der Waals surface area contributed by atoms with Crippen molar-refractivity contribution in [2.45, 2.75) is 38.4 Å². The van der Waals surface area contributed by atoms with Crippen molar-refractivity contribution in [2.75, 3.05) is 0 Å². The smallest absolute Gasteiger partial charge is 0.309 e. The van der Waals surface area contributed by atoms with Gasteiger partial charge >= 0.3 is 5.97 Å². The van der Waals surface area contributed by atoms with E-state index in [9.17, 15) is 14.3 Å². The summed E-state index contributed by atoms with van der Waals surface area (Å²) in [5, 5.41) is 10.4. The van der Waals surface area contributed by atoms with E-state index < -0.39 is 11.4 Å². The SMILES string of the molecule is CC(C)OC(=O)C1CC(O)(c2ccc(Br)c(F)c2)C1. The number of rotatable bonds is 3. The summed E-state index contributed by atoms with van der Waals surface area (Å²) in [4.78, 5) is 11.7. The van der Waals surface area contributed by atoms with Crippen molar-refractivity contribution in [2.24, 2.45) is 5.92 Å². The quantitative estimate of drug-likeness (QED) is 0.866. The van der Waals surface area contributed by atoms with Crippen LogP contribution in [-0.2, 0) is 15.1 Å². The fraction of sp³-hybridized carbons (Fsp3) is 0.500. The van der Waals surface area contributed by atoms with E-state index in [0.29, 0.717) is 10.0 Å². The van der Waals surface area contributed by atoms with E-state index >= 15 is 0 Å². The van der Waals surface area contributed by atoms with Crippen LogP contribution in [0.15, 0.2) is 22.7 Å². The van der Waals surface area contributed by atoms with Gasteiger partial charge in [0.25, 0.3) is 0 Å². The predicted octanol–water partition coefficient (Wildman–Crippen LogP) is 3.14. The maximum atomic E-state index is 13.4. The van der Waals surface area contributed by atoms with Gasteiger partial charge in [-0.15, -0.1) is 0 Å². The number of benzene rings is 1. The summed E-state index contributed by atoms with van der Waals surface area (Å²) in [5.41, 5.74) is -0.621. The molecule has 0 amide bonds. The second-order valence-corrected chi connectivity index (χ2v) is 6.11. The summed E-state index contributed by atoms with van der Waals surface area (Å²) in [6, 6.07) is 4.52. The summed E-state index contributed by atoms with van der Waals surface area (Å²) >= 11 is 3.07. The van der Waals surface area contributed by atoms with Crippen LogP contribution < -0.4 is 0 Å². The number of aliphatic hydroxyl groups is 1. The molecule has 0 atom stereocenters. The number of hydrogen-bond donors (Lipinski definition) is 1. The molecule has 1 aromatic rings.